The molecule has 4 nitrogen and oxygen atoms in total. The number of ether oxygens (including phenoxy) is 1. The molecule has 1 unspecified atom stereocenters. The van der Waals surface area contributed by atoms with Crippen molar-refractivity contribution in [3.05, 3.63) is 24.3 Å². The van der Waals surface area contributed by atoms with Crippen molar-refractivity contribution in [2.45, 2.75) is 24.7 Å². The van der Waals surface area contributed by atoms with Gasteiger partial charge in [-0.2, -0.15) is 0 Å². The van der Waals surface area contributed by atoms with Gasteiger partial charge in [-0.15, -0.1) is 24.2 Å². The Labute approximate surface area is 143 Å². The van der Waals surface area contributed by atoms with Crippen LogP contribution in [0.3, 0.4) is 0 Å². The monoisotopic (exact) mass is 344 g/mol. The summed E-state index contributed by atoms with van der Waals surface area (Å²) in [4.78, 5) is 12.9. The van der Waals surface area contributed by atoms with E-state index in [9.17, 15) is 4.79 Å². The van der Waals surface area contributed by atoms with Gasteiger partial charge in [-0.1, -0.05) is 0 Å². The molecule has 1 aromatic rings. The lowest BCUT2D eigenvalue weighted by molar-refractivity contribution is -0.118. The molecule has 0 bridgehead atoms. The van der Waals surface area contributed by atoms with Crippen LogP contribution in [0.5, 0.6) is 5.75 Å². The smallest absolute Gasteiger partial charge is 0.230 e. The van der Waals surface area contributed by atoms with E-state index in [1.165, 1.54) is 6.42 Å². The van der Waals surface area contributed by atoms with Gasteiger partial charge in [0.05, 0.1) is 12.4 Å². The topological polar surface area (TPSA) is 50.4 Å². The number of halogens is 1. The molecule has 1 aliphatic heterocycles. The quantitative estimate of drug-likeness (QED) is 0.712. The van der Waals surface area contributed by atoms with Crippen LogP contribution in [-0.4, -0.2) is 37.9 Å². The van der Waals surface area contributed by atoms with Crippen molar-refractivity contribution in [2.24, 2.45) is 5.92 Å². The van der Waals surface area contributed by atoms with Gasteiger partial charge in [0.15, 0.2) is 0 Å². The third kappa shape index (κ3) is 6.90. The number of thioether (sulfide) groups is 1. The fourth-order valence-electron chi connectivity index (χ4n) is 2.38. The van der Waals surface area contributed by atoms with E-state index in [-0.39, 0.29) is 18.3 Å². The molecule has 124 valence electrons. The summed E-state index contributed by atoms with van der Waals surface area (Å²) in [5, 5.41) is 6.34. The standard InChI is InChI=1S/C16H24N2O2S.ClH/c1-2-20-14-3-5-15(6-4-14)21-12-16(19)18-10-8-13-7-9-17-11-13;/h3-6,13,17H,2,7-12H2,1H3,(H,18,19);1H. The lowest BCUT2D eigenvalue weighted by Crippen LogP contribution is -2.27. The Morgan fingerprint density at radius 2 is 2.18 bits per heavy atom. The van der Waals surface area contributed by atoms with Crippen molar-refractivity contribution in [1.82, 2.24) is 10.6 Å². The van der Waals surface area contributed by atoms with E-state index in [0.29, 0.717) is 12.4 Å². The molecule has 1 atom stereocenters. The third-order valence-electron chi connectivity index (χ3n) is 3.54. The van der Waals surface area contributed by atoms with Gasteiger partial charge in [0, 0.05) is 11.4 Å². The number of nitrogens with one attached hydrogen (secondary N) is 2. The summed E-state index contributed by atoms with van der Waals surface area (Å²) in [6.07, 6.45) is 2.31. The van der Waals surface area contributed by atoms with Gasteiger partial charge >= 0.3 is 0 Å². The van der Waals surface area contributed by atoms with Gasteiger partial charge < -0.3 is 15.4 Å². The van der Waals surface area contributed by atoms with Crippen LogP contribution >= 0.6 is 24.2 Å². The zero-order valence-corrected chi connectivity index (χ0v) is 14.6. The van der Waals surface area contributed by atoms with Gasteiger partial charge in [0.2, 0.25) is 5.91 Å². The van der Waals surface area contributed by atoms with Crippen molar-refractivity contribution in [3.63, 3.8) is 0 Å². The molecule has 1 aliphatic rings. The number of benzene rings is 1. The molecule has 0 saturated carbocycles. The zero-order chi connectivity index (χ0) is 14.9. The number of rotatable bonds is 8. The maximum Gasteiger partial charge on any atom is 0.230 e. The molecule has 1 amide bonds. The Kier molecular flexibility index (Phi) is 9.36. The molecular formula is C16H25ClN2O2S. The van der Waals surface area contributed by atoms with Crippen LogP contribution < -0.4 is 15.4 Å². The predicted molar refractivity (Wildman–Crippen MR) is 94.2 cm³/mol. The molecule has 0 aliphatic carbocycles. The van der Waals surface area contributed by atoms with Crippen molar-refractivity contribution in [2.75, 3.05) is 32.0 Å². The van der Waals surface area contributed by atoms with E-state index < -0.39 is 0 Å². The molecule has 6 heteroatoms. The number of hydrogen-bond donors (Lipinski definition) is 2. The van der Waals surface area contributed by atoms with E-state index in [2.05, 4.69) is 10.6 Å². The maximum atomic E-state index is 11.8. The second kappa shape index (κ2) is 10.8. The van der Waals surface area contributed by atoms with Gasteiger partial charge in [0.25, 0.3) is 0 Å². The lowest BCUT2D eigenvalue weighted by Gasteiger charge is -2.09. The van der Waals surface area contributed by atoms with E-state index in [1.807, 2.05) is 31.2 Å². The summed E-state index contributed by atoms with van der Waals surface area (Å²) in [5.41, 5.74) is 0. The first-order valence-corrected chi connectivity index (χ1v) is 8.59. The van der Waals surface area contributed by atoms with E-state index >= 15 is 0 Å². The second-order valence-corrected chi connectivity index (χ2v) is 6.24. The molecule has 0 aromatic heterocycles. The zero-order valence-electron chi connectivity index (χ0n) is 13.0. The number of carbonyl (C=O) groups is 1. The first-order valence-electron chi connectivity index (χ1n) is 7.61. The Morgan fingerprint density at radius 1 is 1.41 bits per heavy atom. The second-order valence-electron chi connectivity index (χ2n) is 5.19. The number of carbonyl (C=O) groups excluding carboxylic acids is 1. The van der Waals surface area contributed by atoms with Crippen LogP contribution in [0.15, 0.2) is 29.2 Å². The Hall–Kier alpha value is -0.910. The molecule has 2 rings (SSSR count). The SMILES string of the molecule is CCOc1ccc(SCC(=O)NCCC2CCNC2)cc1.Cl. The summed E-state index contributed by atoms with van der Waals surface area (Å²) in [6, 6.07) is 7.87. The first kappa shape index (κ1) is 19.1. The first-order chi connectivity index (χ1) is 10.3. The average molecular weight is 345 g/mol. The Morgan fingerprint density at radius 3 is 2.82 bits per heavy atom. The van der Waals surface area contributed by atoms with Crippen molar-refractivity contribution >= 4 is 30.1 Å². The van der Waals surface area contributed by atoms with Crippen LogP contribution in [-0.2, 0) is 4.79 Å². The van der Waals surface area contributed by atoms with E-state index in [0.717, 1.165) is 42.6 Å². The van der Waals surface area contributed by atoms with Gasteiger partial charge in [-0.25, -0.2) is 0 Å². The van der Waals surface area contributed by atoms with Crippen molar-refractivity contribution < 1.29 is 9.53 Å². The molecular weight excluding hydrogens is 320 g/mol. The van der Waals surface area contributed by atoms with E-state index in [1.54, 1.807) is 11.8 Å². The largest absolute Gasteiger partial charge is 0.494 e. The van der Waals surface area contributed by atoms with E-state index in [4.69, 9.17) is 4.74 Å². The maximum absolute atomic E-state index is 11.8. The molecule has 0 radical (unpaired) electrons. The normalized spacial score (nSPS) is 16.9. The van der Waals surface area contributed by atoms with Crippen LogP contribution in [0, 0.1) is 5.92 Å². The van der Waals surface area contributed by atoms with Gasteiger partial charge in [0.1, 0.15) is 5.75 Å². The van der Waals surface area contributed by atoms with Gasteiger partial charge in [-0.3, -0.25) is 4.79 Å². The number of hydrogen-bond acceptors (Lipinski definition) is 4. The van der Waals surface area contributed by atoms with Crippen LogP contribution in [0.1, 0.15) is 19.8 Å². The molecule has 0 spiro atoms. The van der Waals surface area contributed by atoms with Crippen molar-refractivity contribution in [3.8, 4) is 5.75 Å². The summed E-state index contributed by atoms with van der Waals surface area (Å²) >= 11 is 1.56. The molecule has 1 heterocycles. The minimum absolute atomic E-state index is 0. The molecule has 1 fully saturated rings. The van der Waals surface area contributed by atoms with Crippen LogP contribution in [0.2, 0.25) is 0 Å². The molecule has 22 heavy (non-hydrogen) atoms. The summed E-state index contributed by atoms with van der Waals surface area (Å²) in [7, 11) is 0. The molecule has 2 N–H and O–H groups in total. The highest BCUT2D eigenvalue weighted by atomic mass is 35.5. The Balaban J connectivity index is 0.00000242. The summed E-state index contributed by atoms with van der Waals surface area (Å²) in [5.74, 6) is 2.18. The minimum Gasteiger partial charge on any atom is -0.494 e. The minimum atomic E-state index is 0. The summed E-state index contributed by atoms with van der Waals surface area (Å²) in [6.45, 7) is 5.64. The van der Waals surface area contributed by atoms with Crippen LogP contribution in [0.4, 0.5) is 0 Å². The fourth-order valence-corrected chi connectivity index (χ4v) is 3.10. The highest BCUT2D eigenvalue weighted by molar-refractivity contribution is 8.00. The van der Waals surface area contributed by atoms with Crippen LogP contribution in [0.25, 0.3) is 0 Å². The highest BCUT2D eigenvalue weighted by Gasteiger charge is 2.14. The third-order valence-corrected chi connectivity index (χ3v) is 4.55. The Bertz CT molecular complexity index is 436. The number of amides is 1. The fraction of sp³-hybridized carbons (Fsp3) is 0.562. The predicted octanol–water partition coefficient (Wildman–Crippen LogP) is 2.72. The molecule has 1 saturated heterocycles. The average Bonchev–Trinajstić information content (AvgIpc) is 3.00. The summed E-state index contributed by atoms with van der Waals surface area (Å²) < 4.78 is 5.39. The van der Waals surface area contributed by atoms with Crippen molar-refractivity contribution in [1.29, 1.82) is 0 Å². The lowest BCUT2D eigenvalue weighted by atomic mass is 10.1. The van der Waals surface area contributed by atoms with Gasteiger partial charge in [-0.05, 0) is 63.0 Å². The molecule has 1 aromatic carbocycles. The highest BCUT2D eigenvalue weighted by Crippen LogP contribution is 2.21.